The van der Waals surface area contributed by atoms with Gasteiger partial charge >= 0.3 is 0 Å². The highest BCUT2D eigenvalue weighted by atomic mass is 16.4. The molecule has 0 aliphatic rings. The van der Waals surface area contributed by atoms with Gasteiger partial charge in [-0.25, -0.2) is 0 Å². The highest BCUT2D eigenvalue weighted by Gasteiger charge is 2.18. The largest absolute Gasteiger partial charge is 0.544 e. The van der Waals surface area contributed by atoms with Crippen LogP contribution < -0.4 is 16.6 Å². The van der Waals surface area contributed by atoms with E-state index in [1.807, 2.05) is 0 Å². The molecule has 0 amide bonds. The molecule has 0 fully saturated rings. The van der Waals surface area contributed by atoms with Gasteiger partial charge in [0.05, 0.1) is 6.54 Å². The minimum Gasteiger partial charge on any atom is -0.544 e. The van der Waals surface area contributed by atoms with Crippen LogP contribution >= 0.6 is 0 Å². The molecule has 0 aromatic rings. The third-order valence-electron chi connectivity index (χ3n) is 1.27. The molecular formula is C5H13N2O3+. The molecule has 0 aromatic carbocycles. The molecule has 0 aromatic heterocycles. The van der Waals surface area contributed by atoms with Crippen LogP contribution in [-0.4, -0.2) is 29.8 Å². The fourth-order valence-electron chi connectivity index (χ4n) is 0.567. The molecule has 0 radical (unpaired) electrons. The number of aliphatic carboxylic acids is 1. The lowest BCUT2D eigenvalue weighted by Crippen LogP contribution is -2.73. The summed E-state index contributed by atoms with van der Waals surface area (Å²) in [7, 11) is 0. The van der Waals surface area contributed by atoms with E-state index in [9.17, 15) is 9.90 Å². The number of hydrogen-bond donors (Lipinski definition) is 3. The quantitative estimate of drug-likeness (QED) is 0.373. The van der Waals surface area contributed by atoms with E-state index in [4.69, 9.17) is 5.11 Å². The molecule has 7 N–H and O–H groups in total. The number of hydrogen-bond acceptors (Lipinski definition) is 3. The van der Waals surface area contributed by atoms with E-state index in [1.54, 1.807) is 0 Å². The summed E-state index contributed by atoms with van der Waals surface area (Å²) in [4.78, 5) is 10.1. The minimum absolute atomic E-state index is 0.349. The topological polar surface area (TPSA) is 116 Å². The van der Waals surface area contributed by atoms with Gasteiger partial charge in [-0.15, -0.1) is 0 Å². The SMILES string of the molecule is [NH3+]CC[C@H](O)[C@H]([NH3+])C(=O)[O-]. The summed E-state index contributed by atoms with van der Waals surface area (Å²) in [6.45, 7) is 0.500. The van der Waals surface area contributed by atoms with Crippen molar-refractivity contribution in [2.75, 3.05) is 6.54 Å². The van der Waals surface area contributed by atoms with Gasteiger partial charge in [0.2, 0.25) is 0 Å². The molecule has 0 spiro atoms. The summed E-state index contributed by atoms with van der Waals surface area (Å²) in [5, 5.41) is 19.0. The van der Waals surface area contributed by atoms with Gasteiger partial charge in [-0.1, -0.05) is 0 Å². The molecular weight excluding hydrogens is 136 g/mol. The molecule has 0 rings (SSSR count). The Bertz CT molecular complexity index is 117. The Morgan fingerprint density at radius 3 is 2.50 bits per heavy atom. The molecule has 0 aliphatic carbocycles. The van der Waals surface area contributed by atoms with Crippen molar-refractivity contribution in [1.29, 1.82) is 0 Å². The van der Waals surface area contributed by atoms with Crippen LogP contribution in [0, 0.1) is 0 Å². The van der Waals surface area contributed by atoms with E-state index in [1.165, 1.54) is 0 Å². The second-order valence-electron chi connectivity index (χ2n) is 2.14. The third-order valence-corrected chi connectivity index (χ3v) is 1.27. The molecule has 0 heterocycles. The van der Waals surface area contributed by atoms with Gasteiger partial charge in [0.1, 0.15) is 12.1 Å². The highest BCUT2D eigenvalue weighted by molar-refractivity contribution is 5.69. The number of carbonyl (C=O) groups excluding carboxylic acids is 1. The lowest BCUT2D eigenvalue weighted by Gasteiger charge is -2.14. The zero-order valence-corrected chi connectivity index (χ0v) is 5.75. The molecule has 0 saturated heterocycles. The number of aliphatic hydroxyl groups is 1. The number of aliphatic hydroxyl groups excluding tert-OH is 1. The fourth-order valence-corrected chi connectivity index (χ4v) is 0.567. The van der Waals surface area contributed by atoms with Crippen molar-refractivity contribution in [2.45, 2.75) is 18.6 Å². The van der Waals surface area contributed by atoms with E-state index < -0.39 is 18.1 Å². The summed E-state index contributed by atoms with van der Waals surface area (Å²) in [5.74, 6) is -1.32. The van der Waals surface area contributed by atoms with Crippen molar-refractivity contribution < 1.29 is 26.5 Å². The second kappa shape index (κ2) is 4.21. The van der Waals surface area contributed by atoms with Crippen molar-refractivity contribution in [3.8, 4) is 0 Å². The van der Waals surface area contributed by atoms with E-state index in [0.29, 0.717) is 13.0 Å². The molecule has 2 atom stereocenters. The maximum absolute atomic E-state index is 10.1. The molecule has 5 nitrogen and oxygen atoms in total. The number of carboxylic acids is 1. The predicted octanol–water partition coefficient (Wildman–Crippen LogP) is -4.66. The third kappa shape index (κ3) is 2.77. The number of carboxylic acid groups (broad SMARTS) is 1. The van der Waals surface area contributed by atoms with Gasteiger partial charge in [0.25, 0.3) is 0 Å². The molecule has 0 saturated carbocycles. The zero-order valence-electron chi connectivity index (χ0n) is 5.75. The number of carbonyl (C=O) groups is 1. The van der Waals surface area contributed by atoms with Crippen LogP contribution in [0.2, 0.25) is 0 Å². The van der Waals surface area contributed by atoms with Crippen molar-refractivity contribution in [3.63, 3.8) is 0 Å². The van der Waals surface area contributed by atoms with E-state index in [2.05, 4.69) is 11.5 Å². The van der Waals surface area contributed by atoms with Crippen molar-refractivity contribution >= 4 is 5.97 Å². The van der Waals surface area contributed by atoms with Crippen molar-refractivity contribution in [3.05, 3.63) is 0 Å². The first kappa shape index (κ1) is 9.35. The van der Waals surface area contributed by atoms with Crippen LogP contribution in [0.4, 0.5) is 0 Å². The van der Waals surface area contributed by atoms with E-state index >= 15 is 0 Å². The van der Waals surface area contributed by atoms with Gasteiger partial charge < -0.3 is 26.5 Å². The average Bonchev–Trinajstić information content (AvgIpc) is 1.87. The Balaban J connectivity index is 3.69. The minimum atomic E-state index is -1.32. The molecule has 5 heteroatoms. The molecule has 0 bridgehead atoms. The molecule has 60 valence electrons. The Labute approximate surface area is 58.6 Å². The fraction of sp³-hybridized carbons (Fsp3) is 0.800. The maximum atomic E-state index is 10.1. The van der Waals surface area contributed by atoms with Gasteiger partial charge in [-0.3, -0.25) is 0 Å². The summed E-state index contributed by atoms with van der Waals surface area (Å²) < 4.78 is 0. The van der Waals surface area contributed by atoms with Gasteiger partial charge in [-0.05, 0) is 0 Å². The van der Waals surface area contributed by atoms with Crippen LogP contribution in [0.5, 0.6) is 0 Å². The average molecular weight is 149 g/mol. The monoisotopic (exact) mass is 149 g/mol. The van der Waals surface area contributed by atoms with Crippen LogP contribution in [0.15, 0.2) is 0 Å². The van der Waals surface area contributed by atoms with Crippen molar-refractivity contribution in [1.82, 2.24) is 0 Å². The van der Waals surface area contributed by atoms with E-state index in [0.717, 1.165) is 0 Å². The Morgan fingerprint density at radius 1 is 1.70 bits per heavy atom. The Hall–Kier alpha value is -0.650. The first-order valence-electron chi connectivity index (χ1n) is 3.10. The lowest BCUT2D eigenvalue weighted by molar-refractivity contribution is -0.455. The summed E-state index contributed by atoms with van der Waals surface area (Å²) in [6.07, 6.45) is -0.579. The number of rotatable bonds is 4. The smallest absolute Gasteiger partial charge is 0.151 e. The van der Waals surface area contributed by atoms with Crippen LogP contribution in [0.3, 0.4) is 0 Å². The summed E-state index contributed by atoms with van der Waals surface area (Å²) in [5.41, 5.74) is 6.68. The number of quaternary nitrogens is 2. The maximum Gasteiger partial charge on any atom is 0.151 e. The normalized spacial score (nSPS) is 16.3. The van der Waals surface area contributed by atoms with E-state index in [-0.39, 0.29) is 0 Å². The lowest BCUT2D eigenvalue weighted by atomic mass is 10.1. The predicted molar refractivity (Wildman–Crippen MR) is 30.1 cm³/mol. The van der Waals surface area contributed by atoms with Gasteiger partial charge in [-0.2, -0.15) is 0 Å². The first-order valence-corrected chi connectivity index (χ1v) is 3.10. The first-order chi connectivity index (χ1) is 4.59. The van der Waals surface area contributed by atoms with Gasteiger partial charge in [0, 0.05) is 6.42 Å². The van der Waals surface area contributed by atoms with Gasteiger partial charge in [0.15, 0.2) is 6.04 Å². The summed E-state index contributed by atoms with van der Waals surface area (Å²) in [6, 6.07) is -1.04. The van der Waals surface area contributed by atoms with Crippen LogP contribution in [-0.2, 0) is 4.79 Å². The zero-order chi connectivity index (χ0) is 8.15. The molecule has 10 heavy (non-hydrogen) atoms. The second-order valence-corrected chi connectivity index (χ2v) is 2.14. The summed E-state index contributed by atoms with van der Waals surface area (Å²) >= 11 is 0. The Morgan fingerprint density at radius 2 is 2.20 bits per heavy atom. The molecule has 0 unspecified atom stereocenters. The van der Waals surface area contributed by atoms with Crippen LogP contribution in [0.25, 0.3) is 0 Å². The highest BCUT2D eigenvalue weighted by Crippen LogP contribution is 1.90. The Kier molecular flexibility index (Phi) is 3.94. The van der Waals surface area contributed by atoms with Crippen LogP contribution in [0.1, 0.15) is 6.42 Å². The van der Waals surface area contributed by atoms with Crippen molar-refractivity contribution in [2.24, 2.45) is 0 Å². The molecule has 0 aliphatic heterocycles. The standard InChI is InChI=1S/C5H12N2O3/c6-2-1-3(8)4(7)5(9)10/h3-4,8H,1-2,6-7H2,(H,9,10)/p+1/t3-,4-/m0/s1.